The standard InChI is InChI=1S/C14H21N3O6/c1-21-10-3-2-9(13(19)12(10)14(16)20)17-11(18)8-23-7-6-22-5-4-15/h2-3,19H,4-8,15H2,1H3,(H2,16,20)(H,17,18). The first kappa shape index (κ1) is 18.7. The van der Waals surface area contributed by atoms with E-state index in [-0.39, 0.29) is 30.2 Å². The lowest BCUT2D eigenvalue weighted by Crippen LogP contribution is -2.21. The van der Waals surface area contributed by atoms with Gasteiger partial charge in [0, 0.05) is 6.54 Å². The molecule has 1 rings (SSSR count). The van der Waals surface area contributed by atoms with Crippen LogP contribution >= 0.6 is 0 Å². The molecular formula is C14H21N3O6. The number of rotatable bonds is 10. The predicted octanol–water partition coefficient (Wildman–Crippen LogP) is -0.570. The molecule has 0 atom stereocenters. The predicted molar refractivity (Wildman–Crippen MR) is 82.5 cm³/mol. The van der Waals surface area contributed by atoms with E-state index in [0.29, 0.717) is 19.8 Å². The first-order chi connectivity index (χ1) is 11.0. The maximum atomic E-state index is 11.7. The molecule has 0 aliphatic carbocycles. The van der Waals surface area contributed by atoms with Crippen LogP contribution in [0.25, 0.3) is 0 Å². The van der Waals surface area contributed by atoms with Crippen LogP contribution in [-0.2, 0) is 14.3 Å². The van der Waals surface area contributed by atoms with Crippen molar-refractivity contribution in [3.8, 4) is 11.5 Å². The fourth-order valence-corrected chi connectivity index (χ4v) is 1.74. The van der Waals surface area contributed by atoms with E-state index in [0.717, 1.165) is 0 Å². The average molecular weight is 327 g/mol. The van der Waals surface area contributed by atoms with Crippen LogP contribution in [0.2, 0.25) is 0 Å². The molecule has 0 radical (unpaired) electrons. The number of nitrogens with one attached hydrogen (secondary N) is 1. The summed E-state index contributed by atoms with van der Waals surface area (Å²) in [6.45, 7) is 1.16. The highest BCUT2D eigenvalue weighted by molar-refractivity contribution is 6.02. The maximum Gasteiger partial charge on any atom is 0.256 e. The topological polar surface area (TPSA) is 146 Å². The smallest absolute Gasteiger partial charge is 0.256 e. The summed E-state index contributed by atoms with van der Waals surface area (Å²) in [6.07, 6.45) is 0. The van der Waals surface area contributed by atoms with Gasteiger partial charge >= 0.3 is 0 Å². The van der Waals surface area contributed by atoms with Crippen LogP contribution in [0.3, 0.4) is 0 Å². The molecule has 2 amide bonds. The number of phenols is 1. The largest absolute Gasteiger partial charge is 0.505 e. The van der Waals surface area contributed by atoms with Crippen molar-refractivity contribution in [2.75, 3.05) is 45.4 Å². The highest BCUT2D eigenvalue weighted by Crippen LogP contribution is 2.34. The van der Waals surface area contributed by atoms with Crippen molar-refractivity contribution in [3.63, 3.8) is 0 Å². The van der Waals surface area contributed by atoms with Gasteiger partial charge in [-0.15, -0.1) is 0 Å². The number of hydrogen-bond acceptors (Lipinski definition) is 7. The van der Waals surface area contributed by atoms with E-state index < -0.39 is 17.6 Å². The number of nitrogens with two attached hydrogens (primary N) is 2. The number of aromatic hydroxyl groups is 1. The maximum absolute atomic E-state index is 11.7. The second kappa shape index (κ2) is 9.62. The fraction of sp³-hybridized carbons (Fsp3) is 0.429. The first-order valence-corrected chi connectivity index (χ1v) is 6.86. The Morgan fingerprint density at radius 2 is 1.91 bits per heavy atom. The molecule has 0 bridgehead atoms. The van der Waals surface area contributed by atoms with Gasteiger partial charge in [-0.1, -0.05) is 0 Å². The Morgan fingerprint density at radius 3 is 2.52 bits per heavy atom. The van der Waals surface area contributed by atoms with Crippen molar-refractivity contribution in [1.29, 1.82) is 0 Å². The number of anilines is 1. The van der Waals surface area contributed by atoms with Gasteiger partial charge in [0.15, 0.2) is 5.75 Å². The van der Waals surface area contributed by atoms with E-state index in [1.54, 1.807) is 0 Å². The van der Waals surface area contributed by atoms with Crippen molar-refractivity contribution in [2.24, 2.45) is 11.5 Å². The van der Waals surface area contributed by atoms with Gasteiger partial charge in [0.05, 0.1) is 32.6 Å². The summed E-state index contributed by atoms with van der Waals surface area (Å²) >= 11 is 0. The Balaban J connectivity index is 2.58. The van der Waals surface area contributed by atoms with Gasteiger partial charge in [-0.2, -0.15) is 0 Å². The van der Waals surface area contributed by atoms with Gasteiger partial charge in [0.2, 0.25) is 5.91 Å². The molecule has 0 heterocycles. The van der Waals surface area contributed by atoms with Gasteiger partial charge in [0.1, 0.15) is 17.9 Å². The molecule has 0 saturated carbocycles. The molecule has 6 N–H and O–H groups in total. The SMILES string of the molecule is COc1ccc(NC(=O)COCCOCCN)c(O)c1C(N)=O. The van der Waals surface area contributed by atoms with Crippen LogP contribution in [0.4, 0.5) is 5.69 Å². The zero-order valence-corrected chi connectivity index (χ0v) is 12.8. The van der Waals surface area contributed by atoms with E-state index in [9.17, 15) is 14.7 Å². The van der Waals surface area contributed by atoms with Gasteiger partial charge < -0.3 is 36.1 Å². The zero-order valence-electron chi connectivity index (χ0n) is 12.8. The van der Waals surface area contributed by atoms with E-state index in [1.165, 1.54) is 19.2 Å². The third kappa shape index (κ3) is 5.74. The van der Waals surface area contributed by atoms with Gasteiger partial charge in [0.25, 0.3) is 5.91 Å². The Morgan fingerprint density at radius 1 is 1.22 bits per heavy atom. The number of carbonyl (C=O) groups is 2. The van der Waals surface area contributed by atoms with Crippen LogP contribution < -0.4 is 21.5 Å². The summed E-state index contributed by atoms with van der Waals surface area (Å²) < 4.78 is 15.1. The van der Waals surface area contributed by atoms with Crippen molar-refractivity contribution in [1.82, 2.24) is 0 Å². The molecule has 0 aliphatic heterocycles. The lowest BCUT2D eigenvalue weighted by molar-refractivity contribution is -0.121. The number of benzene rings is 1. The number of carbonyl (C=O) groups excluding carboxylic acids is 2. The third-order valence-corrected chi connectivity index (χ3v) is 2.75. The van der Waals surface area contributed by atoms with Crippen LogP contribution in [-0.4, -0.2) is 57.0 Å². The molecular weight excluding hydrogens is 306 g/mol. The number of ether oxygens (including phenoxy) is 3. The number of methoxy groups -OCH3 is 1. The summed E-state index contributed by atoms with van der Waals surface area (Å²) in [4.78, 5) is 23.1. The molecule has 9 heteroatoms. The van der Waals surface area contributed by atoms with Gasteiger partial charge in [-0.25, -0.2) is 0 Å². The second-order valence-electron chi connectivity index (χ2n) is 4.41. The van der Waals surface area contributed by atoms with Crippen LogP contribution in [0.1, 0.15) is 10.4 Å². The monoisotopic (exact) mass is 327 g/mol. The minimum Gasteiger partial charge on any atom is -0.505 e. The summed E-state index contributed by atoms with van der Waals surface area (Å²) in [5, 5.41) is 12.4. The van der Waals surface area contributed by atoms with E-state index in [4.69, 9.17) is 25.7 Å². The summed E-state index contributed by atoms with van der Waals surface area (Å²) in [5.74, 6) is -1.72. The lowest BCUT2D eigenvalue weighted by Gasteiger charge is -2.12. The minimum absolute atomic E-state index is 0.0348. The lowest BCUT2D eigenvalue weighted by atomic mass is 10.1. The highest BCUT2D eigenvalue weighted by Gasteiger charge is 2.19. The van der Waals surface area contributed by atoms with Crippen molar-refractivity contribution in [3.05, 3.63) is 17.7 Å². The number of primary amides is 1. The van der Waals surface area contributed by atoms with Crippen molar-refractivity contribution < 1.29 is 28.9 Å². The summed E-state index contributed by atoms with van der Waals surface area (Å²) in [5.41, 5.74) is 10.3. The van der Waals surface area contributed by atoms with E-state index in [2.05, 4.69) is 5.32 Å². The van der Waals surface area contributed by atoms with Gasteiger partial charge in [-0.05, 0) is 12.1 Å². The van der Waals surface area contributed by atoms with Crippen LogP contribution in [0, 0.1) is 0 Å². The summed E-state index contributed by atoms with van der Waals surface area (Å²) in [6, 6.07) is 2.81. The molecule has 0 unspecified atom stereocenters. The molecule has 23 heavy (non-hydrogen) atoms. The molecule has 128 valence electrons. The molecule has 1 aromatic rings. The average Bonchev–Trinajstić information content (AvgIpc) is 2.52. The quantitative estimate of drug-likeness (QED) is 0.332. The normalized spacial score (nSPS) is 10.3. The Hall–Kier alpha value is -2.36. The molecule has 0 aliphatic rings. The third-order valence-electron chi connectivity index (χ3n) is 2.75. The van der Waals surface area contributed by atoms with Crippen molar-refractivity contribution >= 4 is 17.5 Å². The second-order valence-corrected chi connectivity index (χ2v) is 4.41. The number of amides is 2. The minimum atomic E-state index is -0.872. The van der Waals surface area contributed by atoms with Crippen molar-refractivity contribution in [2.45, 2.75) is 0 Å². The molecule has 9 nitrogen and oxygen atoms in total. The molecule has 0 saturated heterocycles. The van der Waals surface area contributed by atoms with Gasteiger partial charge in [-0.3, -0.25) is 9.59 Å². The molecule has 1 aromatic carbocycles. The number of hydrogen-bond donors (Lipinski definition) is 4. The summed E-state index contributed by atoms with van der Waals surface area (Å²) in [7, 11) is 1.33. The molecule has 0 aromatic heterocycles. The zero-order chi connectivity index (χ0) is 17.2. The molecule has 0 fully saturated rings. The Labute approximate surface area is 133 Å². The van der Waals surface area contributed by atoms with E-state index >= 15 is 0 Å². The Kier molecular flexibility index (Phi) is 7.81. The molecule has 0 spiro atoms. The van der Waals surface area contributed by atoms with E-state index in [1.807, 2.05) is 0 Å². The van der Waals surface area contributed by atoms with Crippen LogP contribution in [0.15, 0.2) is 12.1 Å². The fourth-order valence-electron chi connectivity index (χ4n) is 1.74. The Bertz CT molecular complexity index is 550. The highest BCUT2D eigenvalue weighted by atomic mass is 16.5. The van der Waals surface area contributed by atoms with Crippen LogP contribution in [0.5, 0.6) is 11.5 Å². The first-order valence-electron chi connectivity index (χ1n) is 6.86.